The molecule has 0 aromatic heterocycles. The van der Waals surface area contributed by atoms with Crippen LogP contribution in [0.1, 0.15) is 0 Å². The molecule has 17 heavy (non-hydrogen) atoms. The van der Waals surface area contributed by atoms with E-state index in [0.29, 0.717) is 0 Å². The Labute approximate surface area is 112 Å². The van der Waals surface area contributed by atoms with Gasteiger partial charge in [-0.3, -0.25) is 0 Å². The van der Waals surface area contributed by atoms with E-state index in [1.165, 1.54) is 18.2 Å². The molecule has 0 spiro atoms. The topological polar surface area (TPSA) is 13.0 Å². The minimum atomic E-state index is -2.18. The molecule has 0 rings (SSSR count). The molecule has 0 aliphatic rings. The van der Waals surface area contributed by atoms with Crippen LogP contribution in [0.2, 0.25) is 0 Å². The standard InChI is InChI=1S/4C3H8N.Sn/c4*1-4(2)3;/h4*1H2,2-3H3;. The van der Waals surface area contributed by atoms with Crippen molar-refractivity contribution in [3.63, 3.8) is 0 Å². The third-order valence-electron chi connectivity index (χ3n) is 2.61. The molecule has 0 aliphatic heterocycles. The summed E-state index contributed by atoms with van der Waals surface area (Å²) in [4.78, 5) is 9.58. The van der Waals surface area contributed by atoms with Crippen LogP contribution in [0.15, 0.2) is 0 Å². The SMILES string of the molecule is CN(C)[CH2][Sn]([CH2]N(C)C)([CH2]N(C)C)[CH2]N(C)C. The molecule has 104 valence electrons. The van der Waals surface area contributed by atoms with Gasteiger partial charge in [-0.05, 0) is 0 Å². The van der Waals surface area contributed by atoms with Gasteiger partial charge < -0.3 is 0 Å². The van der Waals surface area contributed by atoms with Crippen molar-refractivity contribution in [1.29, 1.82) is 0 Å². The average molecular weight is 351 g/mol. The molecule has 4 nitrogen and oxygen atoms in total. The maximum absolute atomic E-state index is 2.40. The number of rotatable bonds is 8. The van der Waals surface area contributed by atoms with Crippen molar-refractivity contribution in [2.75, 3.05) is 74.6 Å². The quantitative estimate of drug-likeness (QED) is 0.564. The summed E-state index contributed by atoms with van der Waals surface area (Å²) in [6.07, 6.45) is 0. The first-order chi connectivity index (χ1) is 7.67. The second-order valence-electron chi connectivity index (χ2n) is 6.45. The van der Waals surface area contributed by atoms with Gasteiger partial charge in [-0.1, -0.05) is 0 Å². The van der Waals surface area contributed by atoms with Crippen LogP contribution in [0.3, 0.4) is 0 Å². The van der Waals surface area contributed by atoms with Crippen LogP contribution in [0, 0.1) is 0 Å². The van der Waals surface area contributed by atoms with E-state index < -0.39 is 18.4 Å². The van der Waals surface area contributed by atoms with Crippen LogP contribution in [-0.2, 0) is 0 Å². The molecule has 0 fully saturated rings. The van der Waals surface area contributed by atoms with Crippen molar-refractivity contribution in [3.8, 4) is 0 Å². The molecule has 0 aromatic carbocycles. The van der Waals surface area contributed by atoms with Gasteiger partial charge in [0, 0.05) is 0 Å². The van der Waals surface area contributed by atoms with Crippen molar-refractivity contribution >= 4 is 18.4 Å². The van der Waals surface area contributed by atoms with Gasteiger partial charge in [0.05, 0.1) is 0 Å². The van der Waals surface area contributed by atoms with E-state index in [9.17, 15) is 0 Å². The fourth-order valence-electron chi connectivity index (χ4n) is 2.98. The molecule has 0 saturated heterocycles. The molecule has 0 unspecified atom stereocenters. The second kappa shape index (κ2) is 7.94. The monoisotopic (exact) mass is 352 g/mol. The maximum atomic E-state index is 2.40. The van der Waals surface area contributed by atoms with Crippen molar-refractivity contribution in [2.24, 2.45) is 0 Å². The third kappa shape index (κ3) is 8.37. The molecule has 0 amide bonds. The summed E-state index contributed by atoms with van der Waals surface area (Å²) in [5, 5.41) is 0. The van der Waals surface area contributed by atoms with E-state index >= 15 is 0 Å². The van der Waals surface area contributed by atoms with E-state index in [4.69, 9.17) is 0 Å². The molecule has 0 saturated carbocycles. The Hall–Kier alpha value is 0.639. The normalized spacial score (nSPS) is 13.4. The van der Waals surface area contributed by atoms with E-state index in [0.717, 1.165) is 0 Å². The van der Waals surface area contributed by atoms with Gasteiger partial charge in [0.2, 0.25) is 0 Å². The van der Waals surface area contributed by atoms with Gasteiger partial charge in [-0.25, -0.2) is 0 Å². The zero-order valence-electron chi connectivity index (χ0n) is 13.1. The number of nitrogens with zero attached hydrogens (tertiary/aromatic N) is 4. The first-order valence-electron chi connectivity index (χ1n) is 6.26. The zero-order chi connectivity index (χ0) is 13.6. The summed E-state index contributed by atoms with van der Waals surface area (Å²) in [6.45, 7) is 0. The first kappa shape index (κ1) is 17.6. The van der Waals surface area contributed by atoms with Gasteiger partial charge in [0.1, 0.15) is 0 Å². The van der Waals surface area contributed by atoms with Crippen LogP contribution in [-0.4, -0.2) is 113 Å². The van der Waals surface area contributed by atoms with Crippen LogP contribution in [0.5, 0.6) is 0 Å². The average Bonchev–Trinajstić information content (AvgIpc) is 1.95. The van der Waals surface area contributed by atoms with Crippen LogP contribution >= 0.6 is 0 Å². The molecular formula is C12H32N4Sn. The van der Waals surface area contributed by atoms with Gasteiger partial charge in [-0.15, -0.1) is 0 Å². The summed E-state index contributed by atoms with van der Waals surface area (Å²) in [5.41, 5.74) is 0. The number of hydrogen-bond acceptors (Lipinski definition) is 4. The predicted octanol–water partition coefficient (Wildman–Crippen LogP) is -0.162. The summed E-state index contributed by atoms with van der Waals surface area (Å²) >= 11 is -2.18. The van der Waals surface area contributed by atoms with Gasteiger partial charge >= 0.3 is 113 Å². The first-order valence-corrected chi connectivity index (χ1v) is 14.3. The van der Waals surface area contributed by atoms with Crippen LogP contribution in [0.25, 0.3) is 0 Å². The van der Waals surface area contributed by atoms with Crippen molar-refractivity contribution in [2.45, 2.75) is 0 Å². The predicted molar refractivity (Wildman–Crippen MR) is 80.0 cm³/mol. The van der Waals surface area contributed by atoms with Gasteiger partial charge in [-0.2, -0.15) is 0 Å². The fourth-order valence-corrected chi connectivity index (χ4v) is 20.0. The molecule has 0 heterocycles. The number of hydrogen-bond donors (Lipinski definition) is 0. The summed E-state index contributed by atoms with van der Waals surface area (Å²) in [7, 11) is 17.7. The van der Waals surface area contributed by atoms with Crippen molar-refractivity contribution < 1.29 is 0 Å². The molecule has 0 atom stereocenters. The van der Waals surface area contributed by atoms with E-state index in [1.807, 2.05) is 0 Å². The summed E-state index contributed by atoms with van der Waals surface area (Å²) < 4.78 is 5.29. The summed E-state index contributed by atoms with van der Waals surface area (Å²) in [6, 6.07) is 0. The van der Waals surface area contributed by atoms with E-state index in [-0.39, 0.29) is 0 Å². The van der Waals surface area contributed by atoms with E-state index in [1.54, 1.807) is 0 Å². The Morgan fingerprint density at radius 3 is 0.765 bits per heavy atom. The molecular weight excluding hydrogens is 319 g/mol. The van der Waals surface area contributed by atoms with Crippen LogP contribution in [0.4, 0.5) is 0 Å². The Kier molecular flexibility index (Phi) is 8.24. The Morgan fingerprint density at radius 2 is 0.647 bits per heavy atom. The summed E-state index contributed by atoms with van der Waals surface area (Å²) in [5.74, 6) is 0. The second-order valence-corrected chi connectivity index (χ2v) is 18.6. The van der Waals surface area contributed by atoms with Crippen molar-refractivity contribution in [3.05, 3.63) is 0 Å². The van der Waals surface area contributed by atoms with Crippen LogP contribution < -0.4 is 0 Å². The molecule has 0 aromatic rings. The fraction of sp³-hybridized carbons (Fsp3) is 1.00. The third-order valence-corrected chi connectivity index (χ3v) is 17.5. The van der Waals surface area contributed by atoms with E-state index in [2.05, 4.69) is 76.0 Å². The molecule has 0 radical (unpaired) electrons. The molecule has 0 aliphatic carbocycles. The Morgan fingerprint density at radius 1 is 0.471 bits per heavy atom. The molecule has 0 N–H and O–H groups in total. The Balaban J connectivity index is 4.89. The Bertz CT molecular complexity index is 159. The molecule has 0 bridgehead atoms. The van der Waals surface area contributed by atoms with Gasteiger partial charge in [0.25, 0.3) is 0 Å². The van der Waals surface area contributed by atoms with Crippen molar-refractivity contribution in [1.82, 2.24) is 19.6 Å². The van der Waals surface area contributed by atoms with Gasteiger partial charge in [0.15, 0.2) is 0 Å². The molecule has 5 heteroatoms. The zero-order valence-corrected chi connectivity index (χ0v) is 16.0. The minimum absolute atomic E-state index is 1.32.